The molecule has 5 rings (SSSR count). The first kappa shape index (κ1) is 10.4. The van der Waals surface area contributed by atoms with Gasteiger partial charge in [0, 0.05) is 12.6 Å². The predicted octanol–water partition coefficient (Wildman–Crippen LogP) is 2.33. The summed E-state index contributed by atoms with van der Waals surface area (Å²) in [6, 6.07) is 8.56. The molecule has 0 saturated carbocycles. The topological polar surface area (TPSA) is 41.3 Å². The second kappa shape index (κ2) is 3.99. The Balaban J connectivity index is 1.61. The van der Waals surface area contributed by atoms with Crippen molar-refractivity contribution in [3.8, 4) is 0 Å². The Bertz CT molecular complexity index is 557. The monoisotopic (exact) mass is 243 g/mol. The Hall–Kier alpha value is -1.55. The SMILES string of the molecule is c1ccc2c(N[C@H]3CN4CCC3CC4)noc2c1. The quantitative estimate of drug-likeness (QED) is 0.879. The summed E-state index contributed by atoms with van der Waals surface area (Å²) < 4.78 is 5.34. The highest BCUT2D eigenvalue weighted by atomic mass is 16.5. The Kier molecular flexibility index (Phi) is 2.30. The number of hydrogen-bond donors (Lipinski definition) is 1. The smallest absolute Gasteiger partial charge is 0.177 e. The molecule has 0 amide bonds. The first-order valence-corrected chi connectivity index (χ1v) is 6.73. The van der Waals surface area contributed by atoms with Gasteiger partial charge in [-0.05, 0) is 44.0 Å². The third-order valence-electron chi connectivity index (χ3n) is 4.36. The molecule has 3 fully saturated rings. The number of piperidine rings is 3. The number of benzene rings is 1. The number of rotatable bonds is 2. The number of aromatic nitrogens is 1. The van der Waals surface area contributed by atoms with E-state index in [1.165, 1.54) is 25.9 Å². The molecule has 3 aliphatic rings. The molecular formula is C14H17N3O. The Morgan fingerprint density at radius 1 is 1.22 bits per heavy atom. The van der Waals surface area contributed by atoms with E-state index in [0.29, 0.717) is 6.04 Å². The zero-order chi connectivity index (χ0) is 11.9. The van der Waals surface area contributed by atoms with Crippen molar-refractivity contribution >= 4 is 16.8 Å². The number of nitrogens with zero attached hydrogens (tertiary/aromatic N) is 2. The molecule has 0 radical (unpaired) electrons. The van der Waals surface area contributed by atoms with Crippen LogP contribution in [0.1, 0.15) is 12.8 Å². The van der Waals surface area contributed by atoms with Crippen molar-refractivity contribution in [2.75, 3.05) is 25.0 Å². The number of hydrogen-bond acceptors (Lipinski definition) is 4. The lowest BCUT2D eigenvalue weighted by Crippen LogP contribution is -2.53. The van der Waals surface area contributed by atoms with Crippen molar-refractivity contribution in [1.29, 1.82) is 0 Å². The van der Waals surface area contributed by atoms with Gasteiger partial charge in [-0.2, -0.15) is 0 Å². The van der Waals surface area contributed by atoms with E-state index in [4.69, 9.17) is 4.52 Å². The minimum absolute atomic E-state index is 0.529. The van der Waals surface area contributed by atoms with Gasteiger partial charge >= 0.3 is 0 Å². The van der Waals surface area contributed by atoms with E-state index in [1.807, 2.05) is 18.2 Å². The molecule has 1 atom stereocenters. The first-order chi connectivity index (χ1) is 8.90. The largest absolute Gasteiger partial charge is 0.362 e. The highest BCUT2D eigenvalue weighted by Gasteiger charge is 2.34. The molecule has 0 unspecified atom stereocenters. The van der Waals surface area contributed by atoms with E-state index in [0.717, 1.165) is 29.2 Å². The molecule has 18 heavy (non-hydrogen) atoms. The fourth-order valence-corrected chi connectivity index (χ4v) is 3.29. The van der Waals surface area contributed by atoms with E-state index in [2.05, 4.69) is 21.4 Å². The predicted molar refractivity (Wildman–Crippen MR) is 70.6 cm³/mol. The summed E-state index contributed by atoms with van der Waals surface area (Å²) in [5.41, 5.74) is 0.862. The van der Waals surface area contributed by atoms with Crippen LogP contribution in [0.4, 0.5) is 5.82 Å². The van der Waals surface area contributed by atoms with Crippen LogP contribution in [0, 0.1) is 5.92 Å². The van der Waals surface area contributed by atoms with Gasteiger partial charge in [-0.15, -0.1) is 0 Å². The fourth-order valence-electron chi connectivity index (χ4n) is 3.29. The van der Waals surface area contributed by atoms with Gasteiger partial charge in [0.15, 0.2) is 11.4 Å². The van der Waals surface area contributed by atoms with Gasteiger partial charge < -0.3 is 14.7 Å². The van der Waals surface area contributed by atoms with Crippen LogP contribution in [0.5, 0.6) is 0 Å². The molecule has 0 spiro atoms. The lowest BCUT2D eigenvalue weighted by Gasteiger charge is -2.44. The summed E-state index contributed by atoms with van der Waals surface area (Å²) in [7, 11) is 0. The number of nitrogens with one attached hydrogen (secondary N) is 1. The van der Waals surface area contributed by atoms with Gasteiger partial charge in [-0.25, -0.2) is 0 Å². The highest BCUT2D eigenvalue weighted by molar-refractivity contribution is 5.87. The minimum Gasteiger partial charge on any atom is -0.362 e. The van der Waals surface area contributed by atoms with E-state index in [-0.39, 0.29) is 0 Å². The summed E-state index contributed by atoms with van der Waals surface area (Å²) >= 11 is 0. The molecule has 1 N–H and O–H groups in total. The summed E-state index contributed by atoms with van der Waals surface area (Å²) in [6.07, 6.45) is 2.63. The maximum absolute atomic E-state index is 5.34. The van der Waals surface area contributed by atoms with Crippen molar-refractivity contribution in [3.05, 3.63) is 24.3 Å². The van der Waals surface area contributed by atoms with Gasteiger partial charge in [0.05, 0.1) is 5.39 Å². The van der Waals surface area contributed by atoms with Crippen LogP contribution in [0.15, 0.2) is 28.8 Å². The van der Waals surface area contributed by atoms with Crippen LogP contribution in [-0.2, 0) is 0 Å². The normalized spacial score (nSPS) is 30.8. The lowest BCUT2D eigenvalue weighted by molar-refractivity contribution is 0.0973. The molecule has 1 aromatic heterocycles. The third kappa shape index (κ3) is 1.60. The highest BCUT2D eigenvalue weighted by Crippen LogP contribution is 2.31. The first-order valence-electron chi connectivity index (χ1n) is 6.73. The van der Waals surface area contributed by atoms with E-state index < -0.39 is 0 Å². The van der Waals surface area contributed by atoms with Crippen molar-refractivity contribution in [3.63, 3.8) is 0 Å². The molecule has 4 nitrogen and oxygen atoms in total. The van der Waals surface area contributed by atoms with Crippen LogP contribution in [0.25, 0.3) is 11.0 Å². The maximum Gasteiger partial charge on any atom is 0.177 e. The second-order valence-corrected chi connectivity index (χ2v) is 5.42. The van der Waals surface area contributed by atoms with Crippen LogP contribution >= 0.6 is 0 Å². The second-order valence-electron chi connectivity index (χ2n) is 5.42. The summed E-state index contributed by atoms with van der Waals surface area (Å²) in [5.74, 6) is 1.70. The van der Waals surface area contributed by atoms with Gasteiger partial charge in [-0.3, -0.25) is 0 Å². The average molecular weight is 243 g/mol. The zero-order valence-electron chi connectivity index (χ0n) is 10.3. The molecular weight excluding hydrogens is 226 g/mol. The van der Waals surface area contributed by atoms with Crippen molar-refractivity contribution in [2.45, 2.75) is 18.9 Å². The average Bonchev–Trinajstić information content (AvgIpc) is 2.84. The van der Waals surface area contributed by atoms with E-state index in [9.17, 15) is 0 Å². The number of para-hydroxylation sites is 1. The third-order valence-corrected chi connectivity index (χ3v) is 4.36. The summed E-state index contributed by atoms with van der Waals surface area (Å²) in [4.78, 5) is 2.54. The van der Waals surface area contributed by atoms with Gasteiger partial charge in [0.25, 0.3) is 0 Å². The van der Waals surface area contributed by atoms with Crippen LogP contribution in [-0.4, -0.2) is 35.7 Å². The Labute approximate surface area is 106 Å². The van der Waals surface area contributed by atoms with Crippen molar-refractivity contribution in [1.82, 2.24) is 10.1 Å². The molecule has 3 saturated heterocycles. The molecule has 2 aromatic rings. The minimum atomic E-state index is 0.529. The molecule has 1 aromatic carbocycles. The zero-order valence-corrected chi connectivity index (χ0v) is 10.3. The van der Waals surface area contributed by atoms with Gasteiger partial charge in [0.1, 0.15) is 0 Å². The van der Waals surface area contributed by atoms with E-state index >= 15 is 0 Å². The maximum atomic E-state index is 5.34. The lowest BCUT2D eigenvalue weighted by atomic mass is 9.84. The van der Waals surface area contributed by atoms with Crippen LogP contribution in [0.3, 0.4) is 0 Å². The van der Waals surface area contributed by atoms with Crippen LogP contribution in [0.2, 0.25) is 0 Å². The summed E-state index contributed by atoms with van der Waals surface area (Å²) in [6.45, 7) is 3.68. The molecule has 4 heterocycles. The number of anilines is 1. The number of fused-ring (bicyclic) bond motifs is 4. The van der Waals surface area contributed by atoms with Gasteiger partial charge in [-0.1, -0.05) is 17.3 Å². The molecule has 3 aliphatic heterocycles. The van der Waals surface area contributed by atoms with Gasteiger partial charge in [0.2, 0.25) is 0 Å². The van der Waals surface area contributed by atoms with Crippen molar-refractivity contribution < 1.29 is 4.52 Å². The van der Waals surface area contributed by atoms with Crippen molar-refractivity contribution in [2.24, 2.45) is 5.92 Å². The summed E-state index contributed by atoms with van der Waals surface area (Å²) in [5, 5.41) is 8.85. The molecule has 4 heteroatoms. The van der Waals surface area contributed by atoms with E-state index in [1.54, 1.807) is 0 Å². The Morgan fingerprint density at radius 3 is 2.83 bits per heavy atom. The Morgan fingerprint density at radius 2 is 2.06 bits per heavy atom. The fraction of sp³-hybridized carbons (Fsp3) is 0.500. The van der Waals surface area contributed by atoms with Crippen LogP contribution < -0.4 is 5.32 Å². The molecule has 94 valence electrons. The standard InChI is InChI=1S/C14H17N3O/c1-2-4-13-11(3-1)14(16-18-13)15-12-9-17-7-5-10(12)6-8-17/h1-4,10,12H,5-9H2,(H,15,16)/t12-/m0/s1. The molecule has 0 aliphatic carbocycles. The molecule has 2 bridgehead atoms.